The zero-order valence-electron chi connectivity index (χ0n) is 11.3. The largest absolute Gasteiger partial charge is 0.496 e. The number of methoxy groups -OCH3 is 2. The minimum atomic E-state index is 0.582. The monoisotopic (exact) mass is 267 g/mol. The third-order valence-corrected chi connectivity index (χ3v) is 3.22. The zero-order valence-corrected chi connectivity index (χ0v) is 12.1. The molecule has 0 saturated heterocycles. The lowest BCUT2D eigenvalue weighted by molar-refractivity contribution is 0.398. The van der Waals surface area contributed by atoms with Gasteiger partial charge < -0.3 is 15.2 Å². The third kappa shape index (κ3) is 3.43. The molecule has 0 fully saturated rings. The molecule has 0 spiro atoms. The average Bonchev–Trinajstić information content (AvgIpc) is 2.38. The maximum Gasteiger partial charge on any atom is 0.127 e. The molecular formula is C14H21NO2S. The van der Waals surface area contributed by atoms with Crippen LogP contribution in [0.5, 0.6) is 11.5 Å². The van der Waals surface area contributed by atoms with E-state index in [2.05, 4.69) is 6.92 Å². The van der Waals surface area contributed by atoms with E-state index in [1.165, 1.54) is 0 Å². The number of benzene rings is 1. The van der Waals surface area contributed by atoms with Crippen molar-refractivity contribution in [2.75, 3.05) is 20.8 Å². The summed E-state index contributed by atoms with van der Waals surface area (Å²) in [6.07, 6.45) is 2.67. The lowest BCUT2D eigenvalue weighted by Crippen LogP contribution is -2.07. The summed E-state index contributed by atoms with van der Waals surface area (Å²) in [6, 6.07) is 3.94. The number of hydrogen-bond donors (Lipinski definition) is 1. The van der Waals surface area contributed by atoms with Gasteiger partial charge in [-0.2, -0.15) is 0 Å². The minimum Gasteiger partial charge on any atom is -0.496 e. The van der Waals surface area contributed by atoms with Crippen molar-refractivity contribution in [2.24, 2.45) is 5.73 Å². The SMILES string of the molecule is CCCC(=S)c1cc(OC)c(CCN)cc1OC. The molecule has 3 nitrogen and oxygen atoms in total. The van der Waals surface area contributed by atoms with Gasteiger partial charge in [0, 0.05) is 10.4 Å². The van der Waals surface area contributed by atoms with Gasteiger partial charge in [0.05, 0.1) is 14.2 Å². The molecule has 0 aromatic heterocycles. The summed E-state index contributed by atoms with van der Waals surface area (Å²) in [5.41, 5.74) is 7.61. The summed E-state index contributed by atoms with van der Waals surface area (Å²) in [5.74, 6) is 1.63. The number of thiocarbonyl (C=S) groups is 1. The zero-order chi connectivity index (χ0) is 13.5. The van der Waals surface area contributed by atoms with Gasteiger partial charge in [-0.15, -0.1) is 0 Å². The van der Waals surface area contributed by atoms with Gasteiger partial charge in [-0.05, 0) is 37.1 Å². The summed E-state index contributed by atoms with van der Waals surface area (Å²) in [7, 11) is 3.32. The fourth-order valence-electron chi connectivity index (χ4n) is 1.89. The van der Waals surface area contributed by atoms with E-state index in [1.807, 2.05) is 12.1 Å². The Labute approximate surface area is 114 Å². The molecule has 0 aliphatic rings. The molecule has 1 rings (SSSR count). The standard InChI is InChI=1S/C14H21NO2S/c1-4-5-14(18)11-9-12(16-2)10(6-7-15)8-13(11)17-3/h8-9H,4-7,15H2,1-3H3. The fourth-order valence-corrected chi connectivity index (χ4v) is 2.26. The van der Waals surface area contributed by atoms with Crippen molar-refractivity contribution in [1.29, 1.82) is 0 Å². The van der Waals surface area contributed by atoms with E-state index in [9.17, 15) is 0 Å². The number of hydrogen-bond acceptors (Lipinski definition) is 4. The van der Waals surface area contributed by atoms with Gasteiger partial charge in [0.15, 0.2) is 0 Å². The summed E-state index contributed by atoms with van der Waals surface area (Å²) in [5, 5.41) is 0. The van der Waals surface area contributed by atoms with Crippen molar-refractivity contribution in [3.05, 3.63) is 23.3 Å². The smallest absolute Gasteiger partial charge is 0.127 e. The lowest BCUT2D eigenvalue weighted by atomic mass is 10.0. The summed E-state index contributed by atoms with van der Waals surface area (Å²) >= 11 is 5.43. The Morgan fingerprint density at radius 2 is 1.89 bits per heavy atom. The van der Waals surface area contributed by atoms with Crippen LogP contribution in [0.15, 0.2) is 12.1 Å². The summed E-state index contributed by atoms with van der Waals surface area (Å²) in [6.45, 7) is 2.69. The van der Waals surface area contributed by atoms with Gasteiger partial charge in [-0.25, -0.2) is 0 Å². The first-order chi connectivity index (χ1) is 8.67. The highest BCUT2D eigenvalue weighted by Gasteiger charge is 2.13. The maximum absolute atomic E-state index is 5.60. The molecule has 1 aromatic carbocycles. The van der Waals surface area contributed by atoms with Gasteiger partial charge in [0.25, 0.3) is 0 Å². The van der Waals surface area contributed by atoms with Crippen LogP contribution in [-0.2, 0) is 6.42 Å². The van der Waals surface area contributed by atoms with E-state index in [0.717, 1.165) is 46.8 Å². The van der Waals surface area contributed by atoms with E-state index < -0.39 is 0 Å². The highest BCUT2D eigenvalue weighted by Crippen LogP contribution is 2.30. The Balaban J connectivity index is 3.21. The molecule has 18 heavy (non-hydrogen) atoms. The quantitative estimate of drug-likeness (QED) is 0.609. The van der Waals surface area contributed by atoms with Crippen molar-refractivity contribution in [1.82, 2.24) is 0 Å². The molecule has 1 aromatic rings. The Hall–Kier alpha value is -1.13. The molecule has 2 N–H and O–H groups in total. The van der Waals surface area contributed by atoms with Gasteiger partial charge in [-0.3, -0.25) is 0 Å². The van der Waals surface area contributed by atoms with Crippen LogP contribution in [0.25, 0.3) is 0 Å². The Morgan fingerprint density at radius 1 is 1.22 bits per heavy atom. The molecule has 0 aliphatic heterocycles. The van der Waals surface area contributed by atoms with E-state index in [-0.39, 0.29) is 0 Å². The third-order valence-electron chi connectivity index (χ3n) is 2.79. The van der Waals surface area contributed by atoms with Crippen molar-refractivity contribution >= 4 is 17.1 Å². The predicted molar refractivity (Wildman–Crippen MR) is 78.9 cm³/mol. The van der Waals surface area contributed by atoms with Gasteiger partial charge in [-0.1, -0.05) is 25.6 Å². The van der Waals surface area contributed by atoms with Crippen molar-refractivity contribution in [3.63, 3.8) is 0 Å². The van der Waals surface area contributed by atoms with Crippen molar-refractivity contribution < 1.29 is 9.47 Å². The van der Waals surface area contributed by atoms with E-state index in [4.69, 9.17) is 27.4 Å². The Morgan fingerprint density at radius 3 is 2.39 bits per heavy atom. The van der Waals surface area contributed by atoms with E-state index in [1.54, 1.807) is 14.2 Å². The average molecular weight is 267 g/mol. The van der Waals surface area contributed by atoms with E-state index >= 15 is 0 Å². The first kappa shape index (κ1) is 14.9. The molecule has 0 bridgehead atoms. The Kier molecular flexibility index (Phi) is 6.09. The first-order valence-corrected chi connectivity index (χ1v) is 6.56. The minimum absolute atomic E-state index is 0.582. The normalized spacial score (nSPS) is 10.2. The molecule has 0 unspecified atom stereocenters. The highest BCUT2D eigenvalue weighted by atomic mass is 32.1. The summed E-state index contributed by atoms with van der Waals surface area (Å²) < 4.78 is 10.8. The van der Waals surface area contributed by atoms with Gasteiger partial charge >= 0.3 is 0 Å². The molecule has 100 valence electrons. The molecule has 0 heterocycles. The van der Waals surface area contributed by atoms with Crippen LogP contribution in [0, 0.1) is 0 Å². The predicted octanol–water partition coefficient (Wildman–Crippen LogP) is 2.72. The molecule has 0 atom stereocenters. The second kappa shape index (κ2) is 7.34. The fraction of sp³-hybridized carbons (Fsp3) is 0.500. The van der Waals surface area contributed by atoms with Crippen LogP contribution in [0.1, 0.15) is 30.9 Å². The lowest BCUT2D eigenvalue weighted by Gasteiger charge is -2.15. The highest BCUT2D eigenvalue weighted by molar-refractivity contribution is 7.80. The molecule has 0 radical (unpaired) electrons. The molecule has 0 aliphatic carbocycles. The Bertz CT molecular complexity index is 419. The van der Waals surface area contributed by atoms with Gasteiger partial charge in [0.1, 0.15) is 11.5 Å². The maximum atomic E-state index is 5.60. The second-order valence-corrected chi connectivity index (χ2v) is 4.57. The van der Waals surface area contributed by atoms with Crippen LogP contribution in [-0.4, -0.2) is 25.6 Å². The molecular weight excluding hydrogens is 246 g/mol. The first-order valence-electron chi connectivity index (χ1n) is 6.16. The van der Waals surface area contributed by atoms with Crippen LogP contribution < -0.4 is 15.2 Å². The van der Waals surface area contributed by atoms with Crippen LogP contribution in [0.4, 0.5) is 0 Å². The molecule has 4 heteroatoms. The number of rotatable bonds is 7. The topological polar surface area (TPSA) is 44.5 Å². The summed E-state index contributed by atoms with van der Waals surface area (Å²) in [4.78, 5) is 0.909. The van der Waals surface area contributed by atoms with Crippen molar-refractivity contribution in [3.8, 4) is 11.5 Å². The second-order valence-electron chi connectivity index (χ2n) is 4.08. The van der Waals surface area contributed by atoms with Crippen molar-refractivity contribution in [2.45, 2.75) is 26.2 Å². The molecule has 0 saturated carbocycles. The number of nitrogens with two attached hydrogens (primary N) is 1. The molecule has 0 amide bonds. The van der Waals surface area contributed by atoms with Crippen LogP contribution in [0.3, 0.4) is 0 Å². The van der Waals surface area contributed by atoms with Gasteiger partial charge in [0.2, 0.25) is 0 Å². The van der Waals surface area contributed by atoms with Crippen LogP contribution >= 0.6 is 12.2 Å². The number of ether oxygens (including phenoxy) is 2. The van der Waals surface area contributed by atoms with Crippen LogP contribution in [0.2, 0.25) is 0 Å². The van der Waals surface area contributed by atoms with E-state index in [0.29, 0.717) is 6.54 Å².